The first kappa shape index (κ1) is 21.1. The van der Waals surface area contributed by atoms with Crippen molar-refractivity contribution < 1.29 is 14.8 Å². The molecule has 1 heterocycles. The van der Waals surface area contributed by atoms with Crippen LogP contribution in [0.5, 0.6) is 0 Å². The summed E-state index contributed by atoms with van der Waals surface area (Å²) >= 11 is 0. The number of hydrogen-bond acceptors (Lipinski definition) is 6. The maximum Gasteiger partial charge on any atom is 0.335 e. The molecule has 0 spiro atoms. The van der Waals surface area contributed by atoms with Gasteiger partial charge >= 0.3 is 5.97 Å². The van der Waals surface area contributed by atoms with Gasteiger partial charge in [0.05, 0.1) is 38.7 Å². The molecule has 0 unspecified atom stereocenters. The van der Waals surface area contributed by atoms with Gasteiger partial charge in [-0.1, -0.05) is 24.3 Å². The van der Waals surface area contributed by atoms with Crippen LogP contribution in [0.15, 0.2) is 71.5 Å². The summed E-state index contributed by atoms with van der Waals surface area (Å²) in [4.78, 5) is 39.8. The van der Waals surface area contributed by atoms with Gasteiger partial charge in [-0.2, -0.15) is 5.26 Å². The third-order valence-corrected chi connectivity index (χ3v) is 4.91. The van der Waals surface area contributed by atoms with Gasteiger partial charge in [0.2, 0.25) is 0 Å². The van der Waals surface area contributed by atoms with E-state index in [1.807, 2.05) is 6.07 Å². The Hall–Kier alpha value is -5.10. The molecule has 4 rings (SSSR count). The van der Waals surface area contributed by atoms with Crippen LogP contribution >= 0.6 is 0 Å². The van der Waals surface area contributed by atoms with Crippen molar-refractivity contribution in [3.8, 4) is 11.8 Å². The van der Waals surface area contributed by atoms with Gasteiger partial charge in [-0.25, -0.2) is 9.78 Å². The van der Waals surface area contributed by atoms with Crippen LogP contribution in [0.4, 0.5) is 5.69 Å². The zero-order chi connectivity index (χ0) is 23.5. The highest BCUT2D eigenvalue weighted by atomic mass is 16.6. The fraction of sp³-hybridized carbons (Fsp3) is 0. The van der Waals surface area contributed by atoms with Gasteiger partial charge in [-0.3, -0.25) is 19.5 Å². The van der Waals surface area contributed by atoms with Gasteiger partial charge < -0.3 is 5.11 Å². The first-order valence-electron chi connectivity index (χ1n) is 9.60. The molecule has 0 aliphatic carbocycles. The molecule has 9 nitrogen and oxygen atoms in total. The number of nitro benzene ring substituents is 1. The number of carboxylic acids is 1. The molecule has 3 aromatic carbocycles. The van der Waals surface area contributed by atoms with Crippen molar-refractivity contribution in [2.45, 2.75) is 0 Å². The van der Waals surface area contributed by atoms with Gasteiger partial charge in [0.1, 0.15) is 5.82 Å². The topological polar surface area (TPSA) is 139 Å². The lowest BCUT2D eigenvalue weighted by molar-refractivity contribution is -0.384. The average molecular weight is 438 g/mol. The first-order valence-corrected chi connectivity index (χ1v) is 9.60. The quantitative estimate of drug-likeness (QED) is 0.366. The van der Waals surface area contributed by atoms with Crippen LogP contribution < -0.4 is 5.56 Å². The Kier molecular flexibility index (Phi) is 5.49. The van der Waals surface area contributed by atoms with Gasteiger partial charge in [-0.05, 0) is 48.0 Å². The maximum atomic E-state index is 13.3. The van der Waals surface area contributed by atoms with Crippen LogP contribution in [-0.2, 0) is 0 Å². The standard InChI is InChI=1S/C24H14N4O5/c25-14-16-6-4-15(5-7-16)8-11-22-26-21-13-19(28(32)33)9-10-20(21)23(29)27(22)18-3-1-2-17(12-18)24(30)31/h1-13H,(H,30,31)/b11-8+. The maximum absolute atomic E-state index is 13.3. The molecule has 0 aliphatic heterocycles. The van der Waals surface area contributed by atoms with Gasteiger partial charge in [0.15, 0.2) is 0 Å². The van der Waals surface area contributed by atoms with Gasteiger partial charge in [0, 0.05) is 12.1 Å². The molecule has 4 aromatic rings. The second kappa shape index (κ2) is 8.56. The molecule has 0 amide bonds. The molecule has 0 fully saturated rings. The number of fused-ring (bicyclic) bond motifs is 1. The van der Waals surface area contributed by atoms with Crippen LogP contribution in [0.2, 0.25) is 0 Å². The number of carbonyl (C=O) groups is 1. The summed E-state index contributed by atoms with van der Waals surface area (Å²) in [7, 11) is 0. The SMILES string of the molecule is N#Cc1ccc(/C=C/c2nc3cc([N+](=O)[O-])ccc3c(=O)n2-c2cccc(C(=O)O)c2)cc1. The number of nitriles is 1. The third-order valence-electron chi connectivity index (χ3n) is 4.91. The zero-order valence-electron chi connectivity index (χ0n) is 16.9. The fourth-order valence-electron chi connectivity index (χ4n) is 3.28. The Labute approximate surface area is 186 Å². The van der Waals surface area contributed by atoms with E-state index in [1.165, 1.54) is 41.0 Å². The van der Waals surface area contributed by atoms with Crippen molar-refractivity contribution in [2.24, 2.45) is 0 Å². The van der Waals surface area contributed by atoms with Crippen molar-refractivity contribution in [3.05, 3.63) is 110 Å². The van der Waals surface area contributed by atoms with E-state index in [9.17, 15) is 24.8 Å². The van der Waals surface area contributed by atoms with Crippen molar-refractivity contribution in [1.82, 2.24) is 9.55 Å². The highest BCUT2D eigenvalue weighted by molar-refractivity contribution is 5.88. The van der Waals surface area contributed by atoms with Crippen LogP contribution in [0.25, 0.3) is 28.7 Å². The van der Waals surface area contributed by atoms with E-state index >= 15 is 0 Å². The molecule has 1 aromatic heterocycles. The predicted octanol–water partition coefficient (Wildman–Crippen LogP) is 4.03. The van der Waals surface area contributed by atoms with E-state index in [0.717, 1.165) is 5.56 Å². The van der Waals surface area contributed by atoms with Crippen LogP contribution in [0.1, 0.15) is 27.3 Å². The fourth-order valence-corrected chi connectivity index (χ4v) is 3.28. The molecule has 0 saturated heterocycles. The number of carboxylic acid groups (broad SMARTS) is 1. The third kappa shape index (κ3) is 4.22. The molecular weight excluding hydrogens is 424 g/mol. The molecule has 9 heteroatoms. The van der Waals surface area contributed by atoms with E-state index in [1.54, 1.807) is 42.5 Å². The molecule has 0 radical (unpaired) electrons. The number of aromatic nitrogens is 2. The molecule has 0 saturated carbocycles. The highest BCUT2D eigenvalue weighted by Gasteiger charge is 2.15. The Morgan fingerprint density at radius 2 is 1.85 bits per heavy atom. The number of rotatable bonds is 5. The highest BCUT2D eigenvalue weighted by Crippen LogP contribution is 2.20. The Morgan fingerprint density at radius 3 is 2.52 bits per heavy atom. The van der Waals surface area contributed by atoms with Crippen molar-refractivity contribution >= 4 is 34.7 Å². The predicted molar refractivity (Wildman–Crippen MR) is 121 cm³/mol. The number of nitro groups is 1. The average Bonchev–Trinajstić information content (AvgIpc) is 2.82. The molecule has 0 aliphatic rings. The monoisotopic (exact) mass is 438 g/mol. The number of non-ortho nitro benzene ring substituents is 1. The minimum absolute atomic E-state index is 0.00906. The Bertz CT molecular complexity index is 1550. The van der Waals surface area contributed by atoms with E-state index in [0.29, 0.717) is 5.56 Å². The molecular formula is C24H14N4O5. The second-order valence-electron chi connectivity index (χ2n) is 6.99. The lowest BCUT2D eigenvalue weighted by Gasteiger charge is -2.12. The van der Waals surface area contributed by atoms with Crippen molar-refractivity contribution in [3.63, 3.8) is 0 Å². The summed E-state index contributed by atoms with van der Waals surface area (Å²) in [6, 6.07) is 18.3. The molecule has 0 atom stereocenters. The second-order valence-corrected chi connectivity index (χ2v) is 6.99. The Morgan fingerprint density at radius 1 is 1.09 bits per heavy atom. The van der Waals surface area contributed by atoms with Crippen LogP contribution in [-0.4, -0.2) is 25.6 Å². The van der Waals surface area contributed by atoms with Crippen molar-refractivity contribution in [1.29, 1.82) is 5.26 Å². The van der Waals surface area contributed by atoms with Crippen molar-refractivity contribution in [2.75, 3.05) is 0 Å². The number of nitrogens with zero attached hydrogens (tertiary/aromatic N) is 4. The van der Waals surface area contributed by atoms with E-state index in [4.69, 9.17) is 5.26 Å². The first-order chi connectivity index (χ1) is 15.9. The molecule has 160 valence electrons. The van der Waals surface area contributed by atoms with Gasteiger partial charge in [-0.15, -0.1) is 0 Å². The lowest BCUT2D eigenvalue weighted by atomic mass is 10.1. The molecule has 33 heavy (non-hydrogen) atoms. The largest absolute Gasteiger partial charge is 0.478 e. The minimum atomic E-state index is -1.15. The van der Waals surface area contributed by atoms with Crippen LogP contribution in [0.3, 0.4) is 0 Å². The summed E-state index contributed by atoms with van der Waals surface area (Å²) in [5.74, 6) is -0.996. The van der Waals surface area contributed by atoms with E-state index in [2.05, 4.69) is 4.98 Å². The van der Waals surface area contributed by atoms with E-state index in [-0.39, 0.29) is 33.7 Å². The van der Waals surface area contributed by atoms with Crippen LogP contribution in [0, 0.1) is 21.4 Å². The molecule has 1 N–H and O–H groups in total. The number of benzene rings is 3. The van der Waals surface area contributed by atoms with Gasteiger partial charge in [0.25, 0.3) is 11.2 Å². The summed E-state index contributed by atoms with van der Waals surface area (Å²) in [5, 5.41) is 29.6. The minimum Gasteiger partial charge on any atom is -0.478 e. The summed E-state index contributed by atoms with van der Waals surface area (Å²) in [6.45, 7) is 0. The van der Waals surface area contributed by atoms with E-state index < -0.39 is 16.5 Å². The Balaban J connectivity index is 1.95. The normalized spacial score (nSPS) is 10.9. The summed E-state index contributed by atoms with van der Waals surface area (Å²) in [6.07, 6.45) is 3.22. The lowest BCUT2D eigenvalue weighted by Crippen LogP contribution is -2.22. The number of hydrogen-bond donors (Lipinski definition) is 1. The molecule has 0 bridgehead atoms. The number of aromatic carboxylic acids is 1. The summed E-state index contributed by atoms with van der Waals surface area (Å²) < 4.78 is 1.25. The summed E-state index contributed by atoms with van der Waals surface area (Å²) in [5.41, 5.74) is 0.925. The smallest absolute Gasteiger partial charge is 0.335 e. The zero-order valence-corrected chi connectivity index (χ0v) is 16.9.